The summed E-state index contributed by atoms with van der Waals surface area (Å²) in [6.45, 7) is 3.83. The molecule has 2 aromatic rings. The summed E-state index contributed by atoms with van der Waals surface area (Å²) in [5.41, 5.74) is -0.818. The van der Waals surface area contributed by atoms with Crippen LogP contribution in [0.4, 0.5) is 0 Å². The van der Waals surface area contributed by atoms with Gasteiger partial charge in [0.2, 0.25) is 0 Å². The van der Waals surface area contributed by atoms with Crippen LogP contribution in [0.3, 0.4) is 0 Å². The lowest BCUT2D eigenvalue weighted by molar-refractivity contribution is -0.143. The highest BCUT2D eigenvalue weighted by molar-refractivity contribution is 5.75. The van der Waals surface area contributed by atoms with E-state index in [0.717, 1.165) is 6.42 Å². The topological polar surface area (TPSA) is 110 Å². The fraction of sp³-hybridized carbons (Fsp3) is 0.500. The lowest BCUT2D eigenvalue weighted by Crippen LogP contribution is -2.25. The molecule has 0 aromatic carbocycles. The van der Waals surface area contributed by atoms with Crippen molar-refractivity contribution in [2.75, 3.05) is 6.61 Å². The van der Waals surface area contributed by atoms with E-state index in [-0.39, 0.29) is 24.3 Å². The molecule has 2 aromatic heterocycles. The normalized spacial score (nSPS) is 10.9. The van der Waals surface area contributed by atoms with Crippen molar-refractivity contribution in [3.63, 3.8) is 0 Å². The zero-order valence-corrected chi connectivity index (χ0v) is 11.4. The summed E-state index contributed by atoms with van der Waals surface area (Å²) in [4.78, 5) is 43.6. The fourth-order valence-electron chi connectivity index (χ4n) is 2.04. The Morgan fingerprint density at radius 1 is 1.30 bits per heavy atom. The quantitative estimate of drug-likeness (QED) is 0.745. The first-order valence-electron chi connectivity index (χ1n) is 6.44. The number of rotatable bonds is 5. The fourth-order valence-corrected chi connectivity index (χ4v) is 2.04. The van der Waals surface area contributed by atoms with E-state index < -0.39 is 17.2 Å². The van der Waals surface area contributed by atoms with Crippen LogP contribution in [0.5, 0.6) is 0 Å². The summed E-state index contributed by atoms with van der Waals surface area (Å²) in [6.07, 6.45) is 1.39. The Balaban J connectivity index is 2.59. The monoisotopic (exact) mass is 280 g/mol. The molecule has 20 heavy (non-hydrogen) atoms. The SMILES string of the molecule is CCCc1nc2[nH]c(=O)[nH]c(=O)c2n1CC(=O)OCC. The average Bonchev–Trinajstić information content (AvgIpc) is 2.68. The standard InChI is InChI=1S/C12H16N4O4/c1-3-5-7-13-10-9(11(18)15-12(19)14-10)16(7)6-8(17)20-4-2/h3-6H2,1-2H3,(H2,14,15,18,19). The summed E-state index contributed by atoms with van der Waals surface area (Å²) in [5, 5.41) is 0. The molecular weight excluding hydrogens is 264 g/mol. The number of hydrogen-bond acceptors (Lipinski definition) is 5. The Bertz CT molecular complexity index is 740. The van der Waals surface area contributed by atoms with E-state index in [2.05, 4.69) is 15.0 Å². The minimum Gasteiger partial charge on any atom is -0.465 e. The van der Waals surface area contributed by atoms with Gasteiger partial charge in [-0.25, -0.2) is 9.78 Å². The molecule has 8 nitrogen and oxygen atoms in total. The van der Waals surface area contributed by atoms with Crippen LogP contribution in [0, 0.1) is 0 Å². The summed E-state index contributed by atoms with van der Waals surface area (Å²) < 4.78 is 6.38. The van der Waals surface area contributed by atoms with E-state index in [9.17, 15) is 14.4 Å². The number of nitrogens with one attached hydrogen (secondary N) is 2. The predicted molar refractivity (Wildman–Crippen MR) is 71.6 cm³/mol. The smallest absolute Gasteiger partial charge is 0.327 e. The molecule has 0 fully saturated rings. The Morgan fingerprint density at radius 3 is 2.70 bits per heavy atom. The molecular formula is C12H16N4O4. The van der Waals surface area contributed by atoms with Crippen molar-refractivity contribution in [2.24, 2.45) is 0 Å². The van der Waals surface area contributed by atoms with Crippen molar-refractivity contribution >= 4 is 17.1 Å². The van der Waals surface area contributed by atoms with Gasteiger partial charge >= 0.3 is 11.7 Å². The third-order valence-electron chi connectivity index (χ3n) is 2.79. The van der Waals surface area contributed by atoms with Gasteiger partial charge in [0.1, 0.15) is 12.4 Å². The van der Waals surface area contributed by atoms with Crippen molar-refractivity contribution in [1.82, 2.24) is 19.5 Å². The Labute approximate surface area is 113 Å². The number of nitrogens with zero attached hydrogens (tertiary/aromatic N) is 2. The zero-order valence-electron chi connectivity index (χ0n) is 11.4. The van der Waals surface area contributed by atoms with Crippen LogP contribution >= 0.6 is 0 Å². The number of imidazole rings is 1. The molecule has 0 amide bonds. The molecule has 0 saturated heterocycles. The van der Waals surface area contributed by atoms with Crippen LogP contribution in [0.25, 0.3) is 11.2 Å². The van der Waals surface area contributed by atoms with Gasteiger partial charge in [-0.3, -0.25) is 19.6 Å². The van der Waals surface area contributed by atoms with Crippen molar-refractivity contribution < 1.29 is 9.53 Å². The second-order valence-corrected chi connectivity index (χ2v) is 4.27. The first-order valence-corrected chi connectivity index (χ1v) is 6.44. The second kappa shape index (κ2) is 5.72. The molecule has 108 valence electrons. The Hall–Kier alpha value is -2.38. The van der Waals surface area contributed by atoms with Gasteiger partial charge in [-0.15, -0.1) is 0 Å². The van der Waals surface area contributed by atoms with Crippen molar-refractivity contribution in [1.29, 1.82) is 0 Å². The lowest BCUT2D eigenvalue weighted by Gasteiger charge is -2.07. The minimum atomic E-state index is -0.619. The second-order valence-electron chi connectivity index (χ2n) is 4.27. The highest BCUT2D eigenvalue weighted by Crippen LogP contribution is 2.11. The molecule has 2 N–H and O–H groups in total. The average molecular weight is 280 g/mol. The number of fused-ring (bicyclic) bond motifs is 1. The van der Waals surface area contributed by atoms with Crippen molar-refractivity contribution in [3.8, 4) is 0 Å². The van der Waals surface area contributed by atoms with Gasteiger partial charge in [-0.1, -0.05) is 6.92 Å². The summed E-state index contributed by atoms with van der Waals surface area (Å²) in [7, 11) is 0. The highest BCUT2D eigenvalue weighted by Gasteiger charge is 2.17. The maximum Gasteiger partial charge on any atom is 0.327 e. The number of ether oxygens (including phenoxy) is 1. The number of hydrogen-bond donors (Lipinski definition) is 2. The first-order chi connectivity index (χ1) is 9.56. The maximum absolute atomic E-state index is 11.9. The lowest BCUT2D eigenvalue weighted by atomic mass is 10.3. The number of aryl methyl sites for hydroxylation is 1. The minimum absolute atomic E-state index is 0.102. The molecule has 0 atom stereocenters. The molecule has 2 heterocycles. The molecule has 0 bridgehead atoms. The zero-order chi connectivity index (χ0) is 14.7. The van der Waals surface area contributed by atoms with E-state index in [4.69, 9.17) is 4.74 Å². The van der Waals surface area contributed by atoms with Crippen LogP contribution < -0.4 is 11.2 Å². The first kappa shape index (κ1) is 14.0. The molecule has 0 spiro atoms. The van der Waals surface area contributed by atoms with E-state index in [1.807, 2.05) is 6.92 Å². The van der Waals surface area contributed by atoms with E-state index in [1.54, 1.807) is 6.92 Å². The number of carbonyl (C=O) groups is 1. The van der Waals surface area contributed by atoms with Crippen LogP contribution in [0.15, 0.2) is 9.59 Å². The summed E-state index contributed by atoms with van der Waals surface area (Å²) in [5.74, 6) is 0.123. The molecule has 0 saturated carbocycles. The number of aromatic amines is 2. The Kier molecular flexibility index (Phi) is 4.02. The number of aromatic nitrogens is 4. The van der Waals surface area contributed by atoms with Crippen LogP contribution in [0.2, 0.25) is 0 Å². The van der Waals surface area contributed by atoms with Crippen molar-refractivity contribution in [2.45, 2.75) is 33.2 Å². The van der Waals surface area contributed by atoms with Gasteiger partial charge < -0.3 is 9.30 Å². The van der Waals surface area contributed by atoms with Crippen LogP contribution in [-0.2, 0) is 22.5 Å². The van der Waals surface area contributed by atoms with E-state index in [0.29, 0.717) is 12.2 Å². The Morgan fingerprint density at radius 2 is 2.05 bits per heavy atom. The highest BCUT2D eigenvalue weighted by atomic mass is 16.5. The van der Waals surface area contributed by atoms with E-state index >= 15 is 0 Å². The molecule has 0 unspecified atom stereocenters. The third kappa shape index (κ3) is 2.63. The van der Waals surface area contributed by atoms with Gasteiger partial charge in [0, 0.05) is 6.42 Å². The summed E-state index contributed by atoms with van der Waals surface area (Å²) >= 11 is 0. The number of carbonyl (C=O) groups excluding carboxylic acids is 1. The molecule has 0 radical (unpaired) electrons. The van der Waals surface area contributed by atoms with Crippen molar-refractivity contribution in [3.05, 3.63) is 26.7 Å². The number of H-pyrrole nitrogens is 2. The van der Waals surface area contributed by atoms with E-state index in [1.165, 1.54) is 4.57 Å². The van der Waals surface area contributed by atoms with Gasteiger partial charge in [-0.2, -0.15) is 0 Å². The predicted octanol–water partition coefficient (Wildman–Crippen LogP) is -0.0715. The molecule has 0 aliphatic heterocycles. The van der Waals surface area contributed by atoms with Gasteiger partial charge in [-0.05, 0) is 13.3 Å². The largest absolute Gasteiger partial charge is 0.465 e. The van der Waals surface area contributed by atoms with Gasteiger partial charge in [0.15, 0.2) is 11.2 Å². The molecule has 2 rings (SSSR count). The number of esters is 1. The molecule has 0 aliphatic carbocycles. The summed E-state index contributed by atoms with van der Waals surface area (Å²) in [6, 6.07) is 0. The van der Waals surface area contributed by atoms with Gasteiger partial charge in [0.05, 0.1) is 6.61 Å². The van der Waals surface area contributed by atoms with Crippen LogP contribution in [0.1, 0.15) is 26.1 Å². The van der Waals surface area contributed by atoms with Crippen LogP contribution in [-0.4, -0.2) is 32.1 Å². The maximum atomic E-state index is 11.9. The molecule has 0 aliphatic rings. The third-order valence-corrected chi connectivity index (χ3v) is 2.79. The molecule has 8 heteroatoms. The van der Waals surface area contributed by atoms with Gasteiger partial charge in [0.25, 0.3) is 5.56 Å².